The molecule has 3 N–H and O–H groups in total. The molecule has 2 unspecified atom stereocenters. The van der Waals surface area contributed by atoms with E-state index in [9.17, 15) is 9.59 Å². The van der Waals surface area contributed by atoms with Crippen molar-refractivity contribution in [3.05, 3.63) is 34.3 Å². The summed E-state index contributed by atoms with van der Waals surface area (Å²) in [6, 6.07) is 6.59. The molecule has 2 amide bonds. The maximum atomic E-state index is 11.9. The molecule has 0 spiro atoms. The molecule has 1 aromatic carbocycles. The quantitative estimate of drug-likeness (QED) is 0.730. The predicted octanol–water partition coefficient (Wildman–Crippen LogP) is 1.29. The van der Waals surface area contributed by atoms with Crippen LogP contribution in [-0.4, -0.2) is 37.5 Å². The van der Waals surface area contributed by atoms with Gasteiger partial charge < -0.3 is 16.0 Å². The molecule has 0 aromatic heterocycles. The molecular formula is C14H20BrN3O2. The molecule has 20 heavy (non-hydrogen) atoms. The van der Waals surface area contributed by atoms with Gasteiger partial charge >= 0.3 is 0 Å². The summed E-state index contributed by atoms with van der Waals surface area (Å²) < 4.78 is 0.904. The van der Waals surface area contributed by atoms with Gasteiger partial charge in [-0.15, -0.1) is 0 Å². The lowest BCUT2D eigenvalue weighted by atomic mass is 10.2. The van der Waals surface area contributed by atoms with E-state index in [4.69, 9.17) is 0 Å². The smallest absolute Gasteiger partial charge is 0.251 e. The van der Waals surface area contributed by atoms with Crippen molar-refractivity contribution in [1.29, 1.82) is 0 Å². The number of hydrogen-bond donors (Lipinski definition) is 3. The Morgan fingerprint density at radius 3 is 2.35 bits per heavy atom. The minimum Gasteiger partial charge on any atom is -0.353 e. The lowest BCUT2D eigenvalue weighted by molar-refractivity contribution is -0.122. The molecule has 0 fully saturated rings. The first-order valence-corrected chi connectivity index (χ1v) is 7.24. The van der Waals surface area contributed by atoms with Crippen LogP contribution in [0.3, 0.4) is 0 Å². The summed E-state index contributed by atoms with van der Waals surface area (Å²) in [6.07, 6.45) is 0. The summed E-state index contributed by atoms with van der Waals surface area (Å²) in [5.41, 5.74) is 0.524. The monoisotopic (exact) mass is 341 g/mol. The molecule has 0 radical (unpaired) electrons. The number of likely N-dealkylation sites (N-methyl/N-ethyl adjacent to an activating group) is 1. The Hall–Kier alpha value is -1.40. The second kappa shape index (κ2) is 8.01. The summed E-state index contributed by atoms with van der Waals surface area (Å²) in [4.78, 5) is 23.8. The SMILES string of the molecule is CNC(C)CNC(=O)C(C)NC(=O)c1ccc(Br)cc1. The zero-order valence-corrected chi connectivity index (χ0v) is 13.5. The van der Waals surface area contributed by atoms with Crippen molar-refractivity contribution in [3.8, 4) is 0 Å². The first-order valence-electron chi connectivity index (χ1n) is 6.45. The van der Waals surface area contributed by atoms with Gasteiger partial charge in [0.2, 0.25) is 5.91 Å². The van der Waals surface area contributed by atoms with Gasteiger partial charge in [-0.05, 0) is 45.2 Å². The molecule has 0 saturated heterocycles. The molecule has 0 aliphatic heterocycles. The van der Waals surface area contributed by atoms with Crippen molar-refractivity contribution in [2.75, 3.05) is 13.6 Å². The largest absolute Gasteiger partial charge is 0.353 e. The molecule has 5 nitrogen and oxygen atoms in total. The number of carbonyl (C=O) groups excluding carboxylic acids is 2. The zero-order valence-electron chi connectivity index (χ0n) is 11.9. The normalized spacial score (nSPS) is 13.4. The van der Waals surface area contributed by atoms with Gasteiger partial charge in [0.15, 0.2) is 0 Å². The van der Waals surface area contributed by atoms with Crippen LogP contribution in [0.5, 0.6) is 0 Å². The van der Waals surface area contributed by atoms with Crippen molar-refractivity contribution in [1.82, 2.24) is 16.0 Å². The van der Waals surface area contributed by atoms with E-state index in [0.717, 1.165) is 4.47 Å². The highest BCUT2D eigenvalue weighted by molar-refractivity contribution is 9.10. The first-order chi connectivity index (χ1) is 9.43. The molecular weight excluding hydrogens is 322 g/mol. The van der Waals surface area contributed by atoms with Crippen molar-refractivity contribution < 1.29 is 9.59 Å². The maximum Gasteiger partial charge on any atom is 0.251 e. The van der Waals surface area contributed by atoms with Gasteiger partial charge in [0.1, 0.15) is 6.04 Å². The number of rotatable bonds is 6. The fraction of sp³-hybridized carbons (Fsp3) is 0.429. The molecule has 6 heteroatoms. The van der Waals surface area contributed by atoms with E-state index in [1.165, 1.54) is 0 Å². The summed E-state index contributed by atoms with van der Waals surface area (Å²) >= 11 is 3.31. The van der Waals surface area contributed by atoms with E-state index in [-0.39, 0.29) is 17.9 Å². The number of carbonyl (C=O) groups is 2. The van der Waals surface area contributed by atoms with Crippen LogP contribution in [0.2, 0.25) is 0 Å². The molecule has 0 heterocycles. The van der Waals surface area contributed by atoms with E-state index >= 15 is 0 Å². The number of hydrogen-bond acceptors (Lipinski definition) is 3. The Bertz CT molecular complexity index is 462. The van der Waals surface area contributed by atoms with E-state index in [1.807, 2.05) is 14.0 Å². The zero-order chi connectivity index (χ0) is 15.1. The Kier molecular flexibility index (Phi) is 6.67. The van der Waals surface area contributed by atoms with Crippen LogP contribution < -0.4 is 16.0 Å². The average Bonchev–Trinajstić information content (AvgIpc) is 2.44. The predicted molar refractivity (Wildman–Crippen MR) is 82.6 cm³/mol. The Balaban J connectivity index is 2.48. The van der Waals surface area contributed by atoms with E-state index in [2.05, 4.69) is 31.9 Å². The molecule has 2 atom stereocenters. The number of halogens is 1. The molecule has 1 aromatic rings. The summed E-state index contributed by atoms with van der Waals surface area (Å²) in [7, 11) is 1.83. The van der Waals surface area contributed by atoms with Gasteiger partial charge in [-0.25, -0.2) is 0 Å². The van der Waals surface area contributed by atoms with Crippen molar-refractivity contribution >= 4 is 27.7 Å². The second-order valence-electron chi connectivity index (χ2n) is 4.64. The fourth-order valence-corrected chi connectivity index (χ4v) is 1.72. The van der Waals surface area contributed by atoms with E-state index in [1.54, 1.807) is 31.2 Å². The van der Waals surface area contributed by atoms with Gasteiger partial charge in [0.25, 0.3) is 5.91 Å². The van der Waals surface area contributed by atoms with Crippen LogP contribution in [-0.2, 0) is 4.79 Å². The maximum absolute atomic E-state index is 11.9. The molecule has 110 valence electrons. The Morgan fingerprint density at radius 2 is 1.80 bits per heavy atom. The summed E-state index contributed by atoms with van der Waals surface area (Å²) in [5.74, 6) is -0.459. The van der Waals surface area contributed by atoms with Crippen molar-refractivity contribution in [2.24, 2.45) is 0 Å². The number of nitrogens with one attached hydrogen (secondary N) is 3. The van der Waals surface area contributed by atoms with Crippen LogP contribution in [0, 0.1) is 0 Å². The van der Waals surface area contributed by atoms with Crippen LogP contribution in [0.25, 0.3) is 0 Å². The van der Waals surface area contributed by atoms with Gasteiger partial charge in [0, 0.05) is 22.6 Å². The standard InChI is InChI=1S/C14H20BrN3O2/c1-9(16-3)8-17-13(19)10(2)18-14(20)11-4-6-12(15)7-5-11/h4-7,9-10,16H,8H2,1-3H3,(H,17,19)(H,18,20). The second-order valence-corrected chi connectivity index (χ2v) is 5.55. The molecule has 0 bridgehead atoms. The fourth-order valence-electron chi connectivity index (χ4n) is 1.46. The minimum absolute atomic E-state index is 0.188. The highest BCUT2D eigenvalue weighted by atomic mass is 79.9. The van der Waals surface area contributed by atoms with Gasteiger partial charge in [-0.1, -0.05) is 15.9 Å². The molecule has 0 aliphatic carbocycles. The van der Waals surface area contributed by atoms with Crippen LogP contribution >= 0.6 is 15.9 Å². The van der Waals surface area contributed by atoms with Crippen molar-refractivity contribution in [3.63, 3.8) is 0 Å². The molecule has 0 aliphatic rings. The number of amides is 2. The summed E-state index contributed by atoms with van der Waals surface area (Å²) in [5, 5.41) is 8.47. The third kappa shape index (κ3) is 5.30. The van der Waals surface area contributed by atoms with Crippen LogP contribution in [0.4, 0.5) is 0 Å². The Labute approximate surface area is 127 Å². The van der Waals surface area contributed by atoms with Crippen LogP contribution in [0.1, 0.15) is 24.2 Å². The minimum atomic E-state index is -0.574. The summed E-state index contributed by atoms with van der Waals surface area (Å²) in [6.45, 7) is 4.15. The highest BCUT2D eigenvalue weighted by Crippen LogP contribution is 2.10. The number of benzene rings is 1. The van der Waals surface area contributed by atoms with Crippen molar-refractivity contribution in [2.45, 2.75) is 25.9 Å². The van der Waals surface area contributed by atoms with E-state index < -0.39 is 6.04 Å². The molecule has 1 rings (SSSR count). The lowest BCUT2D eigenvalue weighted by Gasteiger charge is -2.16. The molecule has 0 saturated carbocycles. The third-order valence-corrected chi connectivity index (χ3v) is 3.45. The van der Waals surface area contributed by atoms with Gasteiger partial charge in [-0.3, -0.25) is 9.59 Å². The topological polar surface area (TPSA) is 70.2 Å². The lowest BCUT2D eigenvalue weighted by Crippen LogP contribution is -2.47. The van der Waals surface area contributed by atoms with Gasteiger partial charge in [-0.2, -0.15) is 0 Å². The van der Waals surface area contributed by atoms with Crippen LogP contribution in [0.15, 0.2) is 28.7 Å². The van der Waals surface area contributed by atoms with E-state index in [0.29, 0.717) is 12.1 Å². The first kappa shape index (κ1) is 16.7. The Morgan fingerprint density at radius 1 is 1.20 bits per heavy atom. The average molecular weight is 342 g/mol. The highest BCUT2D eigenvalue weighted by Gasteiger charge is 2.16. The third-order valence-electron chi connectivity index (χ3n) is 2.92. The van der Waals surface area contributed by atoms with Gasteiger partial charge in [0.05, 0.1) is 0 Å².